The summed E-state index contributed by atoms with van der Waals surface area (Å²) in [4.78, 5) is 76.4. The summed E-state index contributed by atoms with van der Waals surface area (Å²) in [6, 6.07) is 8.33. The Balaban J connectivity index is 1.97. The van der Waals surface area contributed by atoms with Crippen LogP contribution in [-0.4, -0.2) is 63.1 Å². The lowest BCUT2D eigenvalue weighted by Gasteiger charge is -2.20. The Bertz CT molecular complexity index is 2330. The van der Waals surface area contributed by atoms with Gasteiger partial charge in [0.2, 0.25) is 0 Å². The summed E-state index contributed by atoms with van der Waals surface area (Å²) in [7, 11) is 0. The Labute approximate surface area is 314 Å². The second-order valence-electron chi connectivity index (χ2n) is 11.6. The lowest BCUT2D eigenvalue weighted by molar-refractivity contribution is -0.385. The quantitative estimate of drug-likeness (QED) is 0.0487. The number of ketones is 2. The fourth-order valence-corrected chi connectivity index (χ4v) is 6.57. The van der Waals surface area contributed by atoms with E-state index in [9.17, 15) is 49.6 Å². The number of carboxylic acids is 2. The highest BCUT2D eigenvalue weighted by Crippen LogP contribution is 2.44. The number of carboxylic acid groups (broad SMARTS) is 2. The largest absolute Gasteiger partial charge is 0.478 e. The Kier molecular flexibility index (Phi) is 10.7. The second-order valence-corrected chi connectivity index (χ2v) is 12.4. The van der Waals surface area contributed by atoms with Crippen LogP contribution in [0.3, 0.4) is 0 Å². The van der Waals surface area contributed by atoms with Crippen molar-refractivity contribution < 1.29 is 39.2 Å². The molecule has 274 valence electrons. The number of halogens is 2. The van der Waals surface area contributed by atoms with Gasteiger partial charge in [0.15, 0.2) is 11.6 Å². The number of carbonyl (C=O) groups is 4. The molecule has 0 amide bonds. The number of carbonyl (C=O) groups excluding carboxylic acids is 2. The number of non-ortho nitro benzene ring substituents is 2. The zero-order valence-electron chi connectivity index (χ0n) is 28.2. The number of nitro benzene ring substituents is 2. The monoisotopic (exact) mass is 772 g/mol. The third-order valence-corrected chi connectivity index (χ3v) is 8.89. The first-order valence-corrected chi connectivity index (χ1v) is 16.3. The van der Waals surface area contributed by atoms with E-state index in [-0.39, 0.29) is 79.3 Å². The molecule has 5 aromatic rings. The average Bonchev–Trinajstić information content (AvgIpc) is 3.61. The molecule has 2 heterocycles. The molecule has 3 aromatic carbocycles. The summed E-state index contributed by atoms with van der Waals surface area (Å²) in [6.45, 7) is 10.1. The molecule has 0 atom stereocenters. The van der Waals surface area contributed by atoms with Crippen molar-refractivity contribution in [3.8, 4) is 22.5 Å². The highest BCUT2D eigenvalue weighted by atomic mass is 35.5. The van der Waals surface area contributed by atoms with Gasteiger partial charge >= 0.3 is 11.9 Å². The zero-order chi connectivity index (χ0) is 39.8. The maximum absolute atomic E-state index is 14.4. The zero-order valence-corrected chi connectivity index (χ0v) is 29.7. The minimum atomic E-state index is -1.56. The van der Waals surface area contributed by atoms with E-state index in [2.05, 4.69) is 23.4 Å². The van der Waals surface area contributed by atoms with Crippen LogP contribution in [0.5, 0.6) is 0 Å². The van der Waals surface area contributed by atoms with E-state index >= 15 is 0 Å². The van der Waals surface area contributed by atoms with Crippen molar-refractivity contribution in [3.05, 3.63) is 149 Å². The van der Waals surface area contributed by atoms with Crippen molar-refractivity contribution in [2.75, 3.05) is 0 Å². The van der Waals surface area contributed by atoms with E-state index in [1.165, 1.54) is 35.4 Å². The topological polar surface area (TPSA) is 231 Å². The molecule has 16 nitrogen and oxygen atoms in total. The van der Waals surface area contributed by atoms with Gasteiger partial charge in [0, 0.05) is 46.5 Å². The Hall–Kier alpha value is -6.78. The highest BCUT2D eigenvalue weighted by Gasteiger charge is 2.36. The predicted molar refractivity (Wildman–Crippen MR) is 196 cm³/mol. The van der Waals surface area contributed by atoms with E-state index in [1.807, 2.05) is 0 Å². The minimum Gasteiger partial charge on any atom is -0.478 e. The fraction of sp³-hybridized carbons (Fsp3) is 0.111. The van der Waals surface area contributed by atoms with E-state index in [0.717, 1.165) is 48.5 Å². The number of nitro groups is 2. The second kappa shape index (κ2) is 15.1. The van der Waals surface area contributed by atoms with Crippen molar-refractivity contribution in [3.63, 3.8) is 0 Å². The van der Waals surface area contributed by atoms with Crippen LogP contribution in [-0.2, 0) is 13.1 Å². The molecular formula is C36H26Cl2N6O10. The summed E-state index contributed by atoms with van der Waals surface area (Å²) in [6.07, 6.45) is 2.78. The van der Waals surface area contributed by atoms with Crippen LogP contribution in [0.4, 0.5) is 11.4 Å². The van der Waals surface area contributed by atoms with Crippen molar-refractivity contribution in [1.82, 2.24) is 19.6 Å². The molecule has 0 saturated carbocycles. The van der Waals surface area contributed by atoms with Crippen molar-refractivity contribution in [2.24, 2.45) is 0 Å². The number of hydrogen-bond acceptors (Lipinski definition) is 10. The van der Waals surface area contributed by atoms with E-state index in [4.69, 9.17) is 23.2 Å². The van der Waals surface area contributed by atoms with Gasteiger partial charge in [-0.05, 0) is 38.1 Å². The molecule has 18 heteroatoms. The van der Waals surface area contributed by atoms with Crippen LogP contribution in [0.15, 0.2) is 73.8 Å². The van der Waals surface area contributed by atoms with Crippen LogP contribution >= 0.6 is 23.2 Å². The summed E-state index contributed by atoms with van der Waals surface area (Å²) in [5.41, 5.74) is -3.81. The molecule has 2 N–H and O–H groups in total. The lowest BCUT2D eigenvalue weighted by Crippen LogP contribution is -2.15. The molecular weight excluding hydrogens is 747 g/mol. The van der Waals surface area contributed by atoms with Crippen molar-refractivity contribution >= 4 is 58.1 Å². The maximum atomic E-state index is 14.4. The van der Waals surface area contributed by atoms with Crippen LogP contribution in [0, 0.1) is 34.1 Å². The molecule has 0 unspecified atom stereocenters. The smallest absolute Gasteiger partial charge is 0.336 e. The Morgan fingerprint density at radius 1 is 0.685 bits per heavy atom. The summed E-state index contributed by atoms with van der Waals surface area (Å²) in [5.74, 6) is -4.80. The number of rotatable bonds is 14. The standard InChI is InChI=1S/C36H26Cl2N6O10/c1-5-13-41-31(27(17(3)39-41)33(45)21-9-7-19(43(51)52)15-25(21)37)29-23(35(47)48)11-12-24(36(49)50)30(29)32-28(18(4)40-42(32)14-6-2)34(46)22-10-8-20(44(53)54)16-26(22)38/h5-12,15-16H,1-2,13-14H2,3-4H3,(H,47,48)(H,49,50). The van der Waals surface area contributed by atoms with Crippen LogP contribution in [0.25, 0.3) is 22.5 Å². The van der Waals surface area contributed by atoms with Gasteiger partial charge in [0.05, 0.1) is 78.0 Å². The number of benzene rings is 3. The number of aryl methyl sites for hydroxylation is 2. The molecule has 0 aliphatic carbocycles. The molecule has 0 aliphatic heterocycles. The third-order valence-electron chi connectivity index (χ3n) is 8.27. The SMILES string of the molecule is C=CCn1nc(C)c(C(=O)c2ccc([N+](=O)[O-])cc2Cl)c1-c1c(C(=O)O)ccc(C(=O)O)c1-c1c(C(=O)c2ccc([N+](=O)[O-])cc2Cl)c(C)nn1CC=C. The molecule has 0 radical (unpaired) electrons. The highest BCUT2D eigenvalue weighted by molar-refractivity contribution is 6.36. The van der Waals surface area contributed by atoms with Crippen LogP contribution in [0.2, 0.25) is 10.0 Å². The fourth-order valence-electron chi connectivity index (χ4n) is 6.05. The molecule has 5 rings (SSSR count). The normalized spacial score (nSPS) is 10.9. The first-order chi connectivity index (χ1) is 25.5. The predicted octanol–water partition coefficient (Wildman–Crippen LogP) is 7.38. The van der Waals surface area contributed by atoms with Gasteiger partial charge in [-0.25, -0.2) is 9.59 Å². The Morgan fingerprint density at radius 2 is 1.02 bits per heavy atom. The van der Waals surface area contributed by atoms with E-state index < -0.39 is 55.9 Å². The Morgan fingerprint density at radius 3 is 1.30 bits per heavy atom. The van der Waals surface area contributed by atoms with E-state index in [1.54, 1.807) is 0 Å². The van der Waals surface area contributed by atoms with Gasteiger partial charge in [-0.1, -0.05) is 35.4 Å². The maximum Gasteiger partial charge on any atom is 0.336 e. The molecule has 0 bridgehead atoms. The number of aromatic carboxylic acids is 2. The summed E-state index contributed by atoms with van der Waals surface area (Å²) in [5, 5.41) is 52.4. The first kappa shape index (κ1) is 38.5. The summed E-state index contributed by atoms with van der Waals surface area (Å²) < 4.78 is 2.45. The molecule has 0 fully saturated rings. The van der Waals surface area contributed by atoms with Gasteiger partial charge in [-0.3, -0.25) is 39.2 Å². The van der Waals surface area contributed by atoms with Gasteiger partial charge in [-0.15, -0.1) is 13.2 Å². The molecule has 54 heavy (non-hydrogen) atoms. The molecule has 0 aliphatic rings. The van der Waals surface area contributed by atoms with Gasteiger partial charge in [-0.2, -0.15) is 10.2 Å². The molecule has 0 saturated heterocycles. The van der Waals surface area contributed by atoms with Crippen LogP contribution in [0.1, 0.15) is 63.9 Å². The summed E-state index contributed by atoms with van der Waals surface area (Å²) >= 11 is 12.8. The number of hydrogen-bond donors (Lipinski definition) is 2. The average molecular weight is 774 g/mol. The lowest BCUT2D eigenvalue weighted by atomic mass is 9.85. The minimum absolute atomic E-state index is 0.0408. The van der Waals surface area contributed by atoms with Gasteiger partial charge in [0.1, 0.15) is 0 Å². The van der Waals surface area contributed by atoms with Gasteiger partial charge < -0.3 is 10.2 Å². The number of allylic oxidation sites excluding steroid dienone is 2. The van der Waals surface area contributed by atoms with Gasteiger partial charge in [0.25, 0.3) is 11.4 Å². The first-order valence-electron chi connectivity index (χ1n) is 15.5. The number of aromatic nitrogens is 4. The van der Waals surface area contributed by atoms with Crippen molar-refractivity contribution in [2.45, 2.75) is 26.9 Å². The van der Waals surface area contributed by atoms with Crippen LogP contribution < -0.4 is 0 Å². The molecule has 0 spiro atoms. The third kappa shape index (κ3) is 6.78. The number of nitrogens with zero attached hydrogens (tertiary/aromatic N) is 6. The molecule has 2 aromatic heterocycles. The van der Waals surface area contributed by atoms with E-state index in [0.29, 0.717) is 0 Å². The van der Waals surface area contributed by atoms with Crippen molar-refractivity contribution in [1.29, 1.82) is 0 Å².